The lowest BCUT2D eigenvalue weighted by molar-refractivity contribution is 0.0205. The predicted molar refractivity (Wildman–Crippen MR) is 149 cm³/mol. The number of piperidine rings is 1. The van der Waals surface area contributed by atoms with Gasteiger partial charge in [0.1, 0.15) is 16.8 Å². The van der Waals surface area contributed by atoms with Crippen molar-refractivity contribution in [3.63, 3.8) is 0 Å². The van der Waals surface area contributed by atoms with Crippen molar-refractivity contribution in [2.45, 2.75) is 91.1 Å². The number of likely N-dealkylation sites (tertiary alicyclic amines) is 1. The number of hydrogen-bond donors (Lipinski definition) is 1. The Morgan fingerprint density at radius 1 is 1.19 bits per heavy atom. The van der Waals surface area contributed by atoms with Crippen molar-refractivity contribution in [1.29, 1.82) is 0 Å². The van der Waals surface area contributed by atoms with Gasteiger partial charge in [0, 0.05) is 40.7 Å². The molecule has 4 aromatic heterocycles. The zero-order valence-electron chi connectivity index (χ0n) is 22.8. The minimum Gasteiger partial charge on any atom is -0.444 e. The molecule has 196 valence electrons. The molecule has 6 rings (SSSR count). The van der Waals surface area contributed by atoms with Crippen LogP contribution in [0.3, 0.4) is 0 Å². The van der Waals surface area contributed by atoms with Crippen molar-refractivity contribution in [1.82, 2.24) is 24.5 Å². The molecule has 1 N–H and O–H groups in total. The summed E-state index contributed by atoms with van der Waals surface area (Å²) in [6.45, 7) is 14.2. The quantitative estimate of drug-likeness (QED) is 0.317. The highest BCUT2D eigenvalue weighted by Gasteiger charge is 2.32. The number of hydrogen-bond acceptors (Lipinski definition) is 5. The topological polar surface area (TPSA) is 75.5 Å². The van der Waals surface area contributed by atoms with E-state index in [2.05, 4.69) is 42.0 Å². The van der Waals surface area contributed by atoms with E-state index in [4.69, 9.17) is 4.74 Å². The molecule has 7 nitrogen and oxygen atoms in total. The van der Waals surface area contributed by atoms with Crippen molar-refractivity contribution >= 4 is 33.3 Å². The molecule has 0 spiro atoms. The molecule has 0 radical (unpaired) electrons. The molecule has 8 heteroatoms. The monoisotopic (exact) mass is 519 g/mol. The number of thiophene rings is 1. The second kappa shape index (κ2) is 8.86. The molecular formula is C29H37N5O2S. The summed E-state index contributed by atoms with van der Waals surface area (Å²) >= 11 is 1.91. The number of nitrogens with one attached hydrogen (secondary N) is 1. The first-order chi connectivity index (χ1) is 17.6. The Bertz CT molecular complexity index is 1490. The highest BCUT2D eigenvalue weighted by Crippen LogP contribution is 2.47. The standard InChI is InChI=1S/C29H37N5O2S/c1-16(2)22-23-17(3)25(18-10-12-33(13-11-18)28(35)36-29(4,5)6)37-27(23)32-24(22)21-14-34-26(30-15-31-34)20-9-7-8-19(20)21/h14-16,18,32H,7-13H2,1-6H3. The summed E-state index contributed by atoms with van der Waals surface area (Å²) in [5.41, 5.74) is 8.69. The molecular weight excluding hydrogens is 482 g/mol. The molecule has 1 aliphatic carbocycles. The average Bonchev–Trinajstić information content (AvgIpc) is 3.61. The maximum atomic E-state index is 12.6. The van der Waals surface area contributed by atoms with Crippen LogP contribution in [0.25, 0.3) is 27.1 Å². The van der Waals surface area contributed by atoms with Crippen LogP contribution in [0, 0.1) is 6.92 Å². The number of nitrogens with zero attached hydrogens (tertiary/aromatic N) is 4. The van der Waals surface area contributed by atoms with Crippen molar-refractivity contribution in [2.75, 3.05) is 13.1 Å². The van der Waals surface area contributed by atoms with E-state index in [9.17, 15) is 4.79 Å². The molecule has 1 saturated heterocycles. The van der Waals surface area contributed by atoms with E-state index >= 15 is 0 Å². The van der Waals surface area contributed by atoms with E-state index in [-0.39, 0.29) is 6.09 Å². The largest absolute Gasteiger partial charge is 0.444 e. The summed E-state index contributed by atoms with van der Waals surface area (Å²) in [7, 11) is 0. The van der Waals surface area contributed by atoms with Gasteiger partial charge in [-0.3, -0.25) is 0 Å². The van der Waals surface area contributed by atoms with E-state index in [1.54, 1.807) is 6.33 Å². The van der Waals surface area contributed by atoms with Crippen LogP contribution in [0.1, 0.15) is 92.8 Å². The number of aryl methyl sites for hydroxylation is 2. The first-order valence-electron chi connectivity index (χ1n) is 13.6. The molecule has 37 heavy (non-hydrogen) atoms. The number of aromatic nitrogens is 4. The summed E-state index contributed by atoms with van der Waals surface area (Å²) in [6.07, 6.45) is 8.94. The van der Waals surface area contributed by atoms with E-state index in [1.807, 2.05) is 41.5 Å². The fourth-order valence-corrected chi connectivity index (χ4v) is 7.74. The normalized spacial score (nSPS) is 16.9. The maximum Gasteiger partial charge on any atom is 0.410 e. The highest BCUT2D eigenvalue weighted by molar-refractivity contribution is 7.19. The van der Waals surface area contributed by atoms with Gasteiger partial charge in [0.15, 0.2) is 5.65 Å². The van der Waals surface area contributed by atoms with E-state index in [0.29, 0.717) is 11.8 Å². The first-order valence-corrected chi connectivity index (χ1v) is 14.4. The fraction of sp³-hybridized carbons (Fsp3) is 0.552. The third-order valence-corrected chi connectivity index (χ3v) is 9.33. The Balaban J connectivity index is 1.35. The summed E-state index contributed by atoms with van der Waals surface area (Å²) < 4.78 is 7.56. The van der Waals surface area contributed by atoms with Crippen LogP contribution in [0.15, 0.2) is 12.5 Å². The number of aromatic amines is 1. The van der Waals surface area contributed by atoms with Gasteiger partial charge in [0.05, 0.1) is 5.69 Å². The van der Waals surface area contributed by atoms with Gasteiger partial charge in [-0.25, -0.2) is 14.3 Å². The van der Waals surface area contributed by atoms with Gasteiger partial charge in [-0.15, -0.1) is 11.3 Å². The molecule has 1 fully saturated rings. The van der Waals surface area contributed by atoms with E-state index in [1.165, 1.54) is 55.0 Å². The van der Waals surface area contributed by atoms with Crippen LogP contribution in [0.4, 0.5) is 4.79 Å². The van der Waals surface area contributed by atoms with E-state index in [0.717, 1.165) is 44.4 Å². The molecule has 0 atom stereocenters. The molecule has 1 aliphatic heterocycles. The van der Waals surface area contributed by atoms with Gasteiger partial charge in [0.2, 0.25) is 0 Å². The molecule has 0 aromatic carbocycles. The Kier molecular flexibility index (Phi) is 5.86. The van der Waals surface area contributed by atoms with Gasteiger partial charge in [-0.1, -0.05) is 13.8 Å². The Morgan fingerprint density at radius 3 is 2.62 bits per heavy atom. The van der Waals surface area contributed by atoms with Crippen LogP contribution in [0.2, 0.25) is 0 Å². The lowest BCUT2D eigenvalue weighted by Gasteiger charge is -2.33. The summed E-state index contributed by atoms with van der Waals surface area (Å²) in [5.74, 6) is 0.867. The van der Waals surface area contributed by atoms with Gasteiger partial charge < -0.3 is 14.6 Å². The van der Waals surface area contributed by atoms with Crippen LogP contribution in [-0.4, -0.2) is 49.3 Å². The summed E-state index contributed by atoms with van der Waals surface area (Å²) in [4.78, 5) is 25.6. The smallest absolute Gasteiger partial charge is 0.410 e. The van der Waals surface area contributed by atoms with Crippen LogP contribution < -0.4 is 0 Å². The molecule has 1 amide bonds. The second-order valence-corrected chi connectivity index (χ2v) is 13.0. The lowest BCUT2D eigenvalue weighted by atomic mass is 9.90. The minimum atomic E-state index is -0.458. The van der Waals surface area contributed by atoms with Gasteiger partial charge in [0.25, 0.3) is 0 Å². The first kappa shape index (κ1) is 24.5. The summed E-state index contributed by atoms with van der Waals surface area (Å²) in [6, 6.07) is 0. The third kappa shape index (κ3) is 4.13. The number of pyridine rings is 1. The highest BCUT2D eigenvalue weighted by atomic mass is 32.1. The number of rotatable bonds is 3. The SMILES string of the molecule is Cc1c(C2CCN(C(=O)OC(C)(C)C)CC2)sc2[nH]c(-c3cn4ncnc4c4c3CCC4)c(C(C)C)c12. The second-order valence-electron chi connectivity index (χ2n) is 12.0. The van der Waals surface area contributed by atoms with Gasteiger partial charge >= 0.3 is 6.09 Å². The van der Waals surface area contributed by atoms with Crippen LogP contribution >= 0.6 is 11.3 Å². The van der Waals surface area contributed by atoms with Gasteiger partial charge in [-0.05, 0) is 88.3 Å². The number of fused-ring (bicyclic) bond motifs is 4. The van der Waals surface area contributed by atoms with Crippen molar-refractivity contribution in [3.8, 4) is 11.3 Å². The summed E-state index contributed by atoms with van der Waals surface area (Å²) in [5, 5.41) is 5.88. The number of carbonyl (C=O) groups is 1. The third-order valence-electron chi connectivity index (χ3n) is 7.96. The molecule has 4 aromatic rings. The Labute approximate surface area is 222 Å². The Morgan fingerprint density at radius 2 is 1.92 bits per heavy atom. The zero-order chi connectivity index (χ0) is 26.1. The Hall–Kier alpha value is -2.87. The van der Waals surface area contributed by atoms with Crippen molar-refractivity contribution in [2.24, 2.45) is 0 Å². The molecule has 5 heterocycles. The minimum absolute atomic E-state index is 0.190. The average molecular weight is 520 g/mol. The lowest BCUT2D eigenvalue weighted by Crippen LogP contribution is -2.41. The van der Waals surface area contributed by atoms with Crippen LogP contribution in [-0.2, 0) is 17.6 Å². The van der Waals surface area contributed by atoms with Crippen LogP contribution in [0.5, 0.6) is 0 Å². The number of H-pyrrole nitrogens is 1. The number of amides is 1. The number of ether oxygens (including phenoxy) is 1. The zero-order valence-corrected chi connectivity index (χ0v) is 23.6. The molecule has 0 saturated carbocycles. The predicted octanol–water partition coefficient (Wildman–Crippen LogP) is 6.97. The van der Waals surface area contributed by atoms with Gasteiger partial charge in [-0.2, -0.15) is 5.10 Å². The van der Waals surface area contributed by atoms with Crippen molar-refractivity contribution < 1.29 is 9.53 Å². The molecule has 2 aliphatic rings. The van der Waals surface area contributed by atoms with E-state index < -0.39 is 5.60 Å². The number of carbonyl (C=O) groups excluding carboxylic acids is 1. The molecule has 0 bridgehead atoms. The van der Waals surface area contributed by atoms with Crippen molar-refractivity contribution in [3.05, 3.63) is 39.7 Å². The molecule has 0 unspecified atom stereocenters. The fourth-order valence-electron chi connectivity index (χ4n) is 6.34. The maximum absolute atomic E-state index is 12.6.